The van der Waals surface area contributed by atoms with Gasteiger partial charge < -0.3 is 14.8 Å². The van der Waals surface area contributed by atoms with Crippen LogP contribution >= 0.6 is 0 Å². The molecule has 0 aliphatic carbocycles. The van der Waals surface area contributed by atoms with Crippen molar-refractivity contribution in [1.29, 1.82) is 0 Å². The van der Waals surface area contributed by atoms with Crippen LogP contribution in [0.2, 0.25) is 0 Å². The molecule has 1 amide bonds. The van der Waals surface area contributed by atoms with Crippen LogP contribution in [0.4, 0.5) is 11.4 Å². The van der Waals surface area contributed by atoms with Crippen molar-refractivity contribution in [3.05, 3.63) is 72.3 Å². The lowest BCUT2D eigenvalue weighted by Gasteiger charge is -2.34. The van der Waals surface area contributed by atoms with Crippen LogP contribution in [0.3, 0.4) is 0 Å². The molecule has 1 saturated heterocycles. The Kier molecular flexibility index (Phi) is 7.27. The molecule has 0 aromatic heterocycles. The molecule has 1 unspecified atom stereocenters. The van der Waals surface area contributed by atoms with Crippen molar-refractivity contribution in [1.82, 2.24) is 4.31 Å². The van der Waals surface area contributed by atoms with Gasteiger partial charge in [0.05, 0.1) is 34.8 Å². The summed E-state index contributed by atoms with van der Waals surface area (Å²) in [5, 5.41) is 2.69. The van der Waals surface area contributed by atoms with Crippen LogP contribution in [0.1, 0.15) is 18.4 Å². The largest absolute Gasteiger partial charge is 0.495 e. The van der Waals surface area contributed by atoms with Crippen LogP contribution in [-0.4, -0.2) is 59.9 Å². The summed E-state index contributed by atoms with van der Waals surface area (Å²) in [6.45, 7) is 2.46. The molecule has 5 rings (SSSR count). The van der Waals surface area contributed by atoms with Crippen LogP contribution in [0, 0.1) is 6.92 Å². The van der Waals surface area contributed by atoms with E-state index in [9.17, 15) is 21.6 Å². The van der Waals surface area contributed by atoms with Gasteiger partial charge in [-0.25, -0.2) is 16.8 Å². The first-order valence-electron chi connectivity index (χ1n) is 12.5. The van der Waals surface area contributed by atoms with Crippen LogP contribution in [0.5, 0.6) is 11.5 Å². The smallest absolute Gasteiger partial charge is 0.267 e. The highest BCUT2D eigenvalue weighted by molar-refractivity contribution is 7.92. The molecule has 0 spiro atoms. The number of nitrogens with zero attached hydrogens (tertiary/aromatic N) is 2. The summed E-state index contributed by atoms with van der Waals surface area (Å²) in [7, 11) is -6.35. The van der Waals surface area contributed by atoms with Crippen LogP contribution in [-0.2, 0) is 24.8 Å². The molecule has 3 aromatic rings. The Morgan fingerprint density at radius 2 is 1.59 bits per heavy atom. The first-order chi connectivity index (χ1) is 18.6. The van der Waals surface area contributed by atoms with Gasteiger partial charge in [-0.15, -0.1) is 0 Å². The summed E-state index contributed by atoms with van der Waals surface area (Å²) < 4.78 is 67.3. The number of aryl methyl sites for hydroxylation is 1. The van der Waals surface area contributed by atoms with Crippen molar-refractivity contribution in [3.63, 3.8) is 0 Å². The molecule has 12 heteroatoms. The van der Waals surface area contributed by atoms with Gasteiger partial charge in [-0.05, 0) is 62.2 Å². The maximum absolute atomic E-state index is 13.6. The average molecular weight is 572 g/mol. The van der Waals surface area contributed by atoms with Gasteiger partial charge in [0, 0.05) is 13.1 Å². The molecular formula is C27H29N3O7S2. The fraction of sp³-hybridized carbons (Fsp3) is 0.296. The standard InChI is InChI=1S/C27H29N3O7S2/c1-19-9-11-20(12-10-19)39(34,35)30-18-26(37-25-8-4-3-7-23(25)30)27(31)28-22-17-21(13-14-24(22)36-2)38(32,33)29-15-5-6-16-29/h3-4,7-14,17,26H,5-6,15-16,18H2,1-2H3,(H,28,31). The lowest BCUT2D eigenvalue weighted by atomic mass is 10.2. The zero-order chi connectivity index (χ0) is 27.8. The number of hydrogen-bond acceptors (Lipinski definition) is 7. The highest BCUT2D eigenvalue weighted by atomic mass is 32.2. The summed E-state index contributed by atoms with van der Waals surface area (Å²) in [6.07, 6.45) is 0.367. The zero-order valence-corrected chi connectivity index (χ0v) is 23.2. The number of fused-ring (bicyclic) bond motifs is 1. The van der Waals surface area contributed by atoms with E-state index >= 15 is 0 Å². The second kappa shape index (κ2) is 10.5. The molecule has 39 heavy (non-hydrogen) atoms. The number of anilines is 2. The van der Waals surface area contributed by atoms with E-state index in [0.717, 1.165) is 22.7 Å². The topological polar surface area (TPSA) is 122 Å². The molecule has 2 aliphatic rings. The Morgan fingerprint density at radius 3 is 2.28 bits per heavy atom. The summed E-state index contributed by atoms with van der Waals surface area (Å²) in [6, 6.07) is 17.3. The van der Waals surface area contributed by atoms with E-state index in [1.165, 1.54) is 41.7 Å². The third-order valence-corrected chi connectivity index (χ3v) is 10.5. The first kappa shape index (κ1) is 27.0. The Hall–Kier alpha value is -3.61. The SMILES string of the molecule is COc1ccc(S(=O)(=O)N2CCCC2)cc1NC(=O)C1CN(S(=O)(=O)c2ccc(C)cc2)c2ccccc2O1. The van der Waals surface area contributed by atoms with Gasteiger partial charge in [-0.3, -0.25) is 9.10 Å². The molecule has 206 valence electrons. The van der Waals surface area contributed by atoms with E-state index in [2.05, 4.69) is 5.32 Å². The van der Waals surface area contributed by atoms with E-state index in [4.69, 9.17) is 9.47 Å². The molecule has 10 nitrogen and oxygen atoms in total. The van der Waals surface area contributed by atoms with Crippen molar-refractivity contribution >= 4 is 37.3 Å². The molecule has 0 saturated carbocycles. The molecule has 2 aliphatic heterocycles. The monoisotopic (exact) mass is 571 g/mol. The first-order valence-corrected chi connectivity index (χ1v) is 15.3. The van der Waals surface area contributed by atoms with Crippen molar-refractivity contribution in [2.75, 3.05) is 36.4 Å². The molecule has 0 radical (unpaired) electrons. The van der Waals surface area contributed by atoms with Gasteiger partial charge in [0.2, 0.25) is 10.0 Å². The molecular weight excluding hydrogens is 542 g/mol. The quantitative estimate of drug-likeness (QED) is 0.461. The third-order valence-electron chi connectivity index (χ3n) is 6.77. The number of carbonyl (C=O) groups is 1. The molecule has 3 aromatic carbocycles. The summed E-state index contributed by atoms with van der Waals surface area (Å²) in [5.74, 6) is -0.163. The van der Waals surface area contributed by atoms with Crippen LogP contribution in [0.15, 0.2) is 76.5 Å². The van der Waals surface area contributed by atoms with Gasteiger partial charge in [-0.1, -0.05) is 29.8 Å². The Balaban J connectivity index is 1.45. The number of benzene rings is 3. The van der Waals surface area contributed by atoms with E-state index in [1.54, 1.807) is 36.4 Å². The zero-order valence-electron chi connectivity index (χ0n) is 21.5. The van der Waals surface area contributed by atoms with Gasteiger partial charge in [0.25, 0.3) is 15.9 Å². The number of amides is 1. The van der Waals surface area contributed by atoms with E-state index in [-0.39, 0.29) is 33.5 Å². The minimum absolute atomic E-state index is 0.0268. The second-order valence-corrected chi connectivity index (χ2v) is 13.2. The lowest BCUT2D eigenvalue weighted by Crippen LogP contribution is -2.48. The number of ether oxygens (including phenoxy) is 2. The number of sulfonamides is 2. The summed E-state index contributed by atoms with van der Waals surface area (Å²) >= 11 is 0. The van der Waals surface area contributed by atoms with Crippen molar-refractivity contribution < 1.29 is 31.1 Å². The maximum atomic E-state index is 13.6. The minimum Gasteiger partial charge on any atom is -0.495 e. The number of hydrogen-bond donors (Lipinski definition) is 1. The molecule has 0 bridgehead atoms. The van der Waals surface area contributed by atoms with Gasteiger partial charge in [0.1, 0.15) is 11.5 Å². The van der Waals surface area contributed by atoms with Crippen LogP contribution < -0.4 is 19.1 Å². The van der Waals surface area contributed by atoms with Gasteiger partial charge in [0.15, 0.2) is 6.10 Å². The van der Waals surface area contributed by atoms with Crippen molar-refractivity contribution in [2.45, 2.75) is 35.7 Å². The van der Waals surface area contributed by atoms with Crippen molar-refractivity contribution in [3.8, 4) is 11.5 Å². The molecule has 1 fully saturated rings. The highest BCUT2D eigenvalue weighted by Crippen LogP contribution is 2.37. The third kappa shape index (κ3) is 5.19. The predicted octanol–water partition coefficient (Wildman–Crippen LogP) is 3.38. The molecule has 1 atom stereocenters. The predicted molar refractivity (Wildman–Crippen MR) is 146 cm³/mol. The number of carbonyl (C=O) groups excluding carboxylic acids is 1. The average Bonchev–Trinajstić information content (AvgIpc) is 3.49. The summed E-state index contributed by atoms with van der Waals surface area (Å²) in [5.41, 5.74) is 1.37. The van der Waals surface area contributed by atoms with E-state index in [1.807, 2.05) is 6.92 Å². The van der Waals surface area contributed by atoms with Crippen LogP contribution in [0.25, 0.3) is 0 Å². The Bertz CT molecular complexity index is 1600. The van der Waals surface area contributed by atoms with E-state index < -0.39 is 32.1 Å². The number of rotatable bonds is 7. The Morgan fingerprint density at radius 1 is 0.923 bits per heavy atom. The molecule has 1 N–H and O–H groups in total. The fourth-order valence-electron chi connectivity index (χ4n) is 4.64. The number of para-hydroxylation sites is 2. The second-order valence-electron chi connectivity index (χ2n) is 9.39. The summed E-state index contributed by atoms with van der Waals surface area (Å²) in [4.78, 5) is 13.6. The van der Waals surface area contributed by atoms with E-state index in [0.29, 0.717) is 18.8 Å². The van der Waals surface area contributed by atoms with Crippen molar-refractivity contribution in [2.24, 2.45) is 0 Å². The van der Waals surface area contributed by atoms with Gasteiger partial charge in [-0.2, -0.15) is 4.31 Å². The maximum Gasteiger partial charge on any atom is 0.267 e. The number of nitrogens with one attached hydrogen (secondary N) is 1. The molecule has 2 heterocycles. The normalized spacial score (nSPS) is 17.8. The van der Waals surface area contributed by atoms with Gasteiger partial charge >= 0.3 is 0 Å². The number of methoxy groups -OCH3 is 1. The fourth-order valence-corrected chi connectivity index (χ4v) is 7.66. The lowest BCUT2D eigenvalue weighted by molar-refractivity contribution is -0.122. The minimum atomic E-state index is -4.02. The Labute approximate surface area is 228 Å². The highest BCUT2D eigenvalue weighted by Gasteiger charge is 2.38.